The second-order valence-electron chi connectivity index (χ2n) is 4.48. The molecule has 0 radical (unpaired) electrons. The monoisotopic (exact) mass is 277 g/mol. The SMILES string of the molecule is CC(C)CNC(=O)CNc1nccc(C#N)c1[N+](=O)[O-]. The number of carbonyl (C=O) groups excluding carboxylic acids is 1. The third-order valence-electron chi connectivity index (χ3n) is 2.35. The van der Waals surface area contributed by atoms with Gasteiger partial charge in [0.25, 0.3) is 0 Å². The normalized spacial score (nSPS) is 9.90. The van der Waals surface area contributed by atoms with Gasteiger partial charge in [-0.05, 0) is 12.0 Å². The van der Waals surface area contributed by atoms with Gasteiger partial charge in [-0.1, -0.05) is 13.8 Å². The van der Waals surface area contributed by atoms with Crippen LogP contribution in [0.4, 0.5) is 11.5 Å². The number of carbonyl (C=O) groups is 1. The maximum atomic E-state index is 11.5. The molecule has 0 atom stereocenters. The Bertz CT molecular complexity index is 551. The molecule has 8 heteroatoms. The first-order chi connectivity index (χ1) is 9.45. The summed E-state index contributed by atoms with van der Waals surface area (Å²) in [7, 11) is 0. The molecule has 0 aromatic carbocycles. The zero-order chi connectivity index (χ0) is 15.1. The lowest BCUT2D eigenvalue weighted by Crippen LogP contribution is -2.32. The van der Waals surface area contributed by atoms with Crippen LogP contribution in [0.15, 0.2) is 12.3 Å². The van der Waals surface area contributed by atoms with Gasteiger partial charge >= 0.3 is 5.69 Å². The minimum Gasteiger partial charge on any atom is -0.355 e. The number of nitrogens with one attached hydrogen (secondary N) is 2. The highest BCUT2D eigenvalue weighted by Gasteiger charge is 2.21. The topological polar surface area (TPSA) is 121 Å². The van der Waals surface area contributed by atoms with Gasteiger partial charge in [-0.15, -0.1) is 0 Å². The number of hydrogen-bond acceptors (Lipinski definition) is 6. The Morgan fingerprint density at radius 2 is 2.30 bits per heavy atom. The van der Waals surface area contributed by atoms with E-state index in [0.717, 1.165) is 0 Å². The van der Waals surface area contributed by atoms with E-state index < -0.39 is 10.6 Å². The second-order valence-corrected chi connectivity index (χ2v) is 4.48. The van der Waals surface area contributed by atoms with Gasteiger partial charge in [0, 0.05) is 12.7 Å². The van der Waals surface area contributed by atoms with Crippen molar-refractivity contribution >= 4 is 17.4 Å². The van der Waals surface area contributed by atoms with Crippen molar-refractivity contribution in [3.05, 3.63) is 27.9 Å². The van der Waals surface area contributed by atoms with Crippen molar-refractivity contribution in [2.75, 3.05) is 18.4 Å². The van der Waals surface area contributed by atoms with Crippen LogP contribution in [0, 0.1) is 27.4 Å². The van der Waals surface area contributed by atoms with Gasteiger partial charge < -0.3 is 10.6 Å². The van der Waals surface area contributed by atoms with Crippen LogP contribution in [0.25, 0.3) is 0 Å². The number of nitriles is 1. The standard InChI is InChI=1S/C12H15N5O3/c1-8(2)6-15-10(18)7-16-12-11(17(19)20)9(5-13)3-4-14-12/h3-4,8H,6-7H2,1-2H3,(H,14,16)(H,15,18). The van der Waals surface area contributed by atoms with E-state index in [4.69, 9.17) is 5.26 Å². The average Bonchev–Trinajstić information content (AvgIpc) is 2.41. The Morgan fingerprint density at radius 3 is 2.85 bits per heavy atom. The fourth-order valence-electron chi connectivity index (χ4n) is 1.40. The molecule has 0 bridgehead atoms. The molecule has 1 heterocycles. The number of pyridine rings is 1. The molecule has 1 amide bonds. The van der Waals surface area contributed by atoms with Crippen molar-refractivity contribution in [2.24, 2.45) is 5.92 Å². The summed E-state index contributed by atoms with van der Waals surface area (Å²) in [5.41, 5.74) is -0.526. The van der Waals surface area contributed by atoms with E-state index in [1.807, 2.05) is 13.8 Å². The number of nitro groups is 1. The van der Waals surface area contributed by atoms with Crippen molar-refractivity contribution in [3.63, 3.8) is 0 Å². The van der Waals surface area contributed by atoms with Crippen LogP contribution in [0.3, 0.4) is 0 Å². The molecule has 20 heavy (non-hydrogen) atoms. The highest BCUT2D eigenvalue weighted by atomic mass is 16.6. The lowest BCUT2D eigenvalue weighted by atomic mass is 10.2. The Balaban J connectivity index is 2.76. The number of hydrogen-bond donors (Lipinski definition) is 2. The number of nitrogens with zero attached hydrogens (tertiary/aromatic N) is 3. The predicted molar refractivity (Wildman–Crippen MR) is 71.9 cm³/mol. The molecule has 1 aromatic rings. The first kappa shape index (κ1) is 15.4. The summed E-state index contributed by atoms with van der Waals surface area (Å²) in [6.45, 7) is 4.29. The lowest BCUT2D eigenvalue weighted by Gasteiger charge is -2.09. The first-order valence-corrected chi connectivity index (χ1v) is 5.99. The number of aromatic nitrogens is 1. The lowest BCUT2D eigenvalue weighted by molar-refractivity contribution is -0.384. The van der Waals surface area contributed by atoms with Crippen molar-refractivity contribution in [1.29, 1.82) is 5.26 Å². The zero-order valence-corrected chi connectivity index (χ0v) is 11.2. The number of amides is 1. The molecule has 0 spiro atoms. The van der Waals surface area contributed by atoms with Crippen LogP contribution in [-0.4, -0.2) is 28.9 Å². The van der Waals surface area contributed by atoms with Crippen molar-refractivity contribution < 1.29 is 9.72 Å². The first-order valence-electron chi connectivity index (χ1n) is 5.99. The Hall–Kier alpha value is -2.69. The predicted octanol–water partition coefficient (Wildman–Crippen LogP) is 1.05. The van der Waals surface area contributed by atoms with Crippen LogP contribution in [0.1, 0.15) is 19.4 Å². The Labute approximate surface area is 116 Å². The largest absolute Gasteiger partial charge is 0.355 e. The maximum absolute atomic E-state index is 11.5. The molecule has 0 saturated carbocycles. The van der Waals surface area contributed by atoms with Crippen LogP contribution >= 0.6 is 0 Å². The summed E-state index contributed by atoms with van der Waals surface area (Å²) >= 11 is 0. The summed E-state index contributed by atoms with van der Waals surface area (Å²) in [6.07, 6.45) is 1.28. The molecule has 0 aliphatic heterocycles. The molecule has 0 fully saturated rings. The average molecular weight is 277 g/mol. The van der Waals surface area contributed by atoms with Gasteiger partial charge in [-0.25, -0.2) is 4.98 Å². The molecule has 2 N–H and O–H groups in total. The Kier molecular flexibility index (Phi) is 5.41. The molecule has 0 aliphatic carbocycles. The molecule has 0 unspecified atom stereocenters. The summed E-state index contributed by atoms with van der Waals surface area (Å²) in [5.74, 6) is -0.0702. The molecule has 0 saturated heterocycles. The minimum atomic E-state index is -0.695. The fraction of sp³-hybridized carbons (Fsp3) is 0.417. The van der Waals surface area contributed by atoms with Gasteiger partial charge in [-0.3, -0.25) is 14.9 Å². The highest BCUT2D eigenvalue weighted by molar-refractivity contribution is 5.81. The summed E-state index contributed by atoms with van der Waals surface area (Å²) in [4.78, 5) is 25.6. The van der Waals surface area contributed by atoms with Crippen LogP contribution < -0.4 is 10.6 Å². The molecule has 8 nitrogen and oxygen atoms in total. The molecule has 0 aliphatic rings. The Morgan fingerprint density at radius 1 is 1.60 bits per heavy atom. The second kappa shape index (κ2) is 7.04. The molecule has 1 aromatic heterocycles. The van der Waals surface area contributed by atoms with Crippen LogP contribution in [0.5, 0.6) is 0 Å². The van der Waals surface area contributed by atoms with Gasteiger partial charge in [0.15, 0.2) is 0 Å². The maximum Gasteiger partial charge on any atom is 0.328 e. The fourth-order valence-corrected chi connectivity index (χ4v) is 1.40. The van der Waals surface area contributed by atoms with E-state index in [9.17, 15) is 14.9 Å². The number of rotatable bonds is 6. The number of anilines is 1. The van der Waals surface area contributed by atoms with E-state index in [1.54, 1.807) is 6.07 Å². The third kappa shape index (κ3) is 4.20. The smallest absolute Gasteiger partial charge is 0.328 e. The van der Waals surface area contributed by atoms with E-state index in [0.29, 0.717) is 12.5 Å². The van der Waals surface area contributed by atoms with Crippen LogP contribution in [0.2, 0.25) is 0 Å². The summed E-state index contributed by atoms with van der Waals surface area (Å²) in [5, 5.41) is 25.0. The quantitative estimate of drug-likeness (QED) is 0.592. The van der Waals surface area contributed by atoms with Crippen LogP contribution in [-0.2, 0) is 4.79 Å². The van der Waals surface area contributed by atoms with E-state index >= 15 is 0 Å². The van der Waals surface area contributed by atoms with Gasteiger partial charge in [0.1, 0.15) is 11.6 Å². The zero-order valence-electron chi connectivity index (χ0n) is 11.2. The van der Waals surface area contributed by atoms with E-state index in [2.05, 4.69) is 15.6 Å². The third-order valence-corrected chi connectivity index (χ3v) is 2.35. The molecule has 106 valence electrons. The van der Waals surface area contributed by atoms with Gasteiger partial charge in [0.05, 0.1) is 11.5 Å². The molecular formula is C12H15N5O3. The van der Waals surface area contributed by atoms with Crippen molar-refractivity contribution in [3.8, 4) is 6.07 Å². The van der Waals surface area contributed by atoms with Gasteiger partial charge in [-0.2, -0.15) is 5.26 Å². The summed E-state index contributed by atoms with van der Waals surface area (Å²) < 4.78 is 0. The molecule has 1 rings (SSSR count). The van der Waals surface area contributed by atoms with Crippen molar-refractivity contribution in [1.82, 2.24) is 10.3 Å². The molecular weight excluding hydrogens is 262 g/mol. The summed E-state index contributed by atoms with van der Waals surface area (Å²) in [6, 6.07) is 2.97. The van der Waals surface area contributed by atoms with Crippen molar-refractivity contribution in [2.45, 2.75) is 13.8 Å². The highest BCUT2D eigenvalue weighted by Crippen LogP contribution is 2.25. The minimum absolute atomic E-state index is 0.0891. The van der Waals surface area contributed by atoms with E-state index in [1.165, 1.54) is 12.3 Å². The van der Waals surface area contributed by atoms with Gasteiger partial charge in [0.2, 0.25) is 11.7 Å². The van der Waals surface area contributed by atoms with E-state index in [-0.39, 0.29) is 23.8 Å².